The maximum atomic E-state index is 12.0. The normalized spacial score (nSPS) is 25.9. The average molecular weight is 361 g/mol. The van der Waals surface area contributed by atoms with Crippen LogP contribution in [-0.2, 0) is 9.53 Å². The van der Waals surface area contributed by atoms with Gasteiger partial charge in [-0.3, -0.25) is 9.69 Å². The summed E-state index contributed by atoms with van der Waals surface area (Å²) >= 11 is 0. The Balaban J connectivity index is 1.51. The molecule has 23 heavy (non-hydrogen) atoms. The van der Waals surface area contributed by atoms with Crippen LogP contribution in [0.5, 0.6) is 0 Å². The average Bonchev–Trinajstić information content (AvgIpc) is 3.03. The first-order valence-electron chi connectivity index (χ1n) is 9.02. The third-order valence-electron chi connectivity index (χ3n) is 4.28. The molecule has 2 unspecified atom stereocenters. The molecule has 0 bridgehead atoms. The number of carbonyl (C=O) groups excluding carboxylic acids is 1. The minimum atomic E-state index is 0.151. The van der Waals surface area contributed by atoms with E-state index in [2.05, 4.69) is 24.1 Å². The van der Waals surface area contributed by atoms with Crippen molar-refractivity contribution >= 4 is 27.5 Å². The summed E-state index contributed by atoms with van der Waals surface area (Å²) in [6.07, 6.45) is 5.60. The largest absolute Gasteiger partial charge is 0.374 e. The van der Waals surface area contributed by atoms with Gasteiger partial charge in [0.1, 0.15) is 0 Å². The van der Waals surface area contributed by atoms with Crippen molar-refractivity contribution in [1.29, 1.82) is 0 Å². The van der Waals surface area contributed by atoms with Crippen LogP contribution in [0.3, 0.4) is 0 Å². The summed E-state index contributed by atoms with van der Waals surface area (Å²) in [5, 5.41) is 3.88. The van der Waals surface area contributed by atoms with Crippen LogP contribution in [0, 0.1) is 5.92 Å². The van der Waals surface area contributed by atoms with E-state index in [4.69, 9.17) is 4.74 Å². The Morgan fingerprint density at radius 3 is 3.00 bits per heavy atom. The molecule has 4 nitrogen and oxygen atoms in total. The van der Waals surface area contributed by atoms with Crippen molar-refractivity contribution in [2.24, 2.45) is 5.92 Å². The van der Waals surface area contributed by atoms with Crippen LogP contribution < -0.4 is 5.32 Å². The van der Waals surface area contributed by atoms with Crippen LogP contribution in [0.4, 0.5) is 0 Å². The van der Waals surface area contributed by atoms with Gasteiger partial charge >= 0.3 is 0 Å². The Hall–Kier alpha value is 0.0900. The number of nitrogens with one attached hydrogen (secondary N) is 1. The molecule has 2 heterocycles. The van der Waals surface area contributed by atoms with Gasteiger partial charge in [-0.05, 0) is 25.2 Å². The number of hydrogen-bond donors (Lipinski definition) is 1. The van der Waals surface area contributed by atoms with Crippen molar-refractivity contribution in [2.45, 2.75) is 57.3 Å². The van der Waals surface area contributed by atoms with Gasteiger partial charge in [0.25, 0.3) is 0 Å². The van der Waals surface area contributed by atoms with Crippen molar-refractivity contribution in [3.05, 3.63) is 0 Å². The second-order valence-electron chi connectivity index (χ2n) is 7.02. The van der Waals surface area contributed by atoms with Gasteiger partial charge < -0.3 is 10.1 Å². The highest BCUT2D eigenvalue weighted by Gasteiger charge is 2.21. The summed E-state index contributed by atoms with van der Waals surface area (Å²) in [7, 11) is 4.02. The highest BCUT2D eigenvalue weighted by molar-refractivity contribution is 8.77. The lowest BCUT2D eigenvalue weighted by Crippen LogP contribution is -2.48. The molecule has 2 atom stereocenters. The van der Waals surface area contributed by atoms with Gasteiger partial charge in [-0.25, -0.2) is 0 Å². The molecule has 2 rings (SSSR count). The van der Waals surface area contributed by atoms with Crippen molar-refractivity contribution in [1.82, 2.24) is 10.2 Å². The van der Waals surface area contributed by atoms with Crippen LogP contribution >= 0.6 is 21.6 Å². The van der Waals surface area contributed by atoms with Gasteiger partial charge in [-0.1, -0.05) is 41.9 Å². The van der Waals surface area contributed by atoms with Gasteiger partial charge in [0.15, 0.2) is 0 Å². The number of rotatable bonds is 9. The summed E-state index contributed by atoms with van der Waals surface area (Å²) in [6, 6.07) is 0. The SMILES string of the molecule is CC(C)CN1CCOC(CNC(=O)CCCCC2CCSS2)C1. The second-order valence-corrected chi connectivity index (χ2v) is 9.81. The molecule has 134 valence electrons. The van der Waals surface area contributed by atoms with Crippen LogP contribution in [0.1, 0.15) is 46.0 Å². The zero-order chi connectivity index (χ0) is 16.5. The van der Waals surface area contributed by atoms with Gasteiger partial charge in [0.2, 0.25) is 5.91 Å². The smallest absolute Gasteiger partial charge is 0.220 e. The Labute approximate surface area is 149 Å². The van der Waals surface area contributed by atoms with E-state index < -0.39 is 0 Å². The third kappa shape index (κ3) is 8.14. The minimum absolute atomic E-state index is 0.151. The summed E-state index contributed by atoms with van der Waals surface area (Å²) < 4.78 is 5.77. The molecule has 2 aliphatic rings. The minimum Gasteiger partial charge on any atom is -0.374 e. The maximum Gasteiger partial charge on any atom is 0.220 e. The molecule has 1 amide bonds. The van der Waals surface area contributed by atoms with Gasteiger partial charge in [-0.2, -0.15) is 0 Å². The number of unbranched alkanes of at least 4 members (excludes halogenated alkanes) is 1. The predicted molar refractivity (Wildman–Crippen MR) is 101 cm³/mol. The van der Waals surface area contributed by atoms with Crippen LogP contribution in [0.25, 0.3) is 0 Å². The molecule has 1 N–H and O–H groups in total. The molecule has 0 aromatic carbocycles. The summed E-state index contributed by atoms with van der Waals surface area (Å²) in [5.41, 5.74) is 0. The van der Waals surface area contributed by atoms with Crippen LogP contribution in [0.15, 0.2) is 0 Å². The molecule has 0 spiro atoms. The van der Waals surface area contributed by atoms with Crippen molar-refractivity contribution < 1.29 is 9.53 Å². The lowest BCUT2D eigenvalue weighted by molar-refractivity contribution is -0.122. The first-order chi connectivity index (χ1) is 11.1. The quantitative estimate of drug-likeness (QED) is 0.505. The zero-order valence-corrected chi connectivity index (χ0v) is 16.2. The topological polar surface area (TPSA) is 41.6 Å². The standard InChI is InChI=1S/C17H32N2O2S2/c1-14(2)12-19-8-9-21-15(13-19)11-18-17(20)6-4-3-5-16-7-10-22-23-16/h14-16H,3-13H2,1-2H3,(H,18,20). The van der Waals surface area contributed by atoms with Crippen molar-refractivity contribution in [3.8, 4) is 0 Å². The first-order valence-corrected chi connectivity index (χ1v) is 11.4. The van der Waals surface area contributed by atoms with Crippen LogP contribution in [0.2, 0.25) is 0 Å². The first kappa shape index (κ1) is 19.4. The molecule has 2 fully saturated rings. The number of carbonyl (C=O) groups is 1. The molecule has 2 aliphatic heterocycles. The summed E-state index contributed by atoms with van der Waals surface area (Å²) in [5.74, 6) is 2.16. The number of nitrogens with zero attached hydrogens (tertiary/aromatic N) is 1. The molecular formula is C17H32N2O2S2. The van der Waals surface area contributed by atoms with E-state index in [0.29, 0.717) is 18.9 Å². The molecule has 6 heteroatoms. The highest BCUT2D eigenvalue weighted by Crippen LogP contribution is 2.39. The van der Waals surface area contributed by atoms with Gasteiger partial charge in [0.05, 0.1) is 12.7 Å². The van der Waals surface area contributed by atoms with E-state index in [1.165, 1.54) is 25.0 Å². The van der Waals surface area contributed by atoms with Gasteiger partial charge in [0, 0.05) is 43.6 Å². The fourth-order valence-electron chi connectivity index (χ4n) is 3.12. The third-order valence-corrected chi connectivity index (χ3v) is 7.29. The number of morpholine rings is 1. The number of ether oxygens (including phenoxy) is 1. The molecule has 0 aromatic heterocycles. The Kier molecular flexibility index (Phi) is 9.16. The monoisotopic (exact) mass is 360 g/mol. The van der Waals surface area contributed by atoms with E-state index >= 15 is 0 Å². The molecule has 2 saturated heterocycles. The molecule has 0 radical (unpaired) electrons. The number of hydrogen-bond acceptors (Lipinski definition) is 5. The van der Waals surface area contributed by atoms with E-state index in [0.717, 1.165) is 37.9 Å². The van der Waals surface area contributed by atoms with Crippen molar-refractivity contribution in [3.63, 3.8) is 0 Å². The molecular weight excluding hydrogens is 328 g/mol. The summed E-state index contributed by atoms with van der Waals surface area (Å²) in [4.78, 5) is 14.4. The van der Waals surface area contributed by atoms with E-state index in [9.17, 15) is 4.79 Å². The lowest BCUT2D eigenvalue weighted by Gasteiger charge is -2.33. The number of amides is 1. The highest BCUT2D eigenvalue weighted by atomic mass is 33.1. The van der Waals surface area contributed by atoms with E-state index in [-0.39, 0.29) is 12.0 Å². The fraction of sp³-hybridized carbons (Fsp3) is 0.941. The van der Waals surface area contributed by atoms with Crippen molar-refractivity contribution in [2.75, 3.05) is 38.5 Å². The van der Waals surface area contributed by atoms with Crippen LogP contribution in [-0.4, -0.2) is 60.7 Å². The van der Waals surface area contributed by atoms with E-state index in [1.807, 2.05) is 21.6 Å². The fourth-order valence-corrected chi connectivity index (χ4v) is 6.15. The second kappa shape index (κ2) is 10.9. The maximum absolute atomic E-state index is 12.0. The summed E-state index contributed by atoms with van der Waals surface area (Å²) in [6.45, 7) is 9.00. The molecule has 0 saturated carbocycles. The van der Waals surface area contributed by atoms with E-state index in [1.54, 1.807) is 0 Å². The Morgan fingerprint density at radius 1 is 1.39 bits per heavy atom. The zero-order valence-electron chi connectivity index (χ0n) is 14.6. The Morgan fingerprint density at radius 2 is 2.26 bits per heavy atom. The Bertz CT molecular complexity index is 349. The lowest BCUT2D eigenvalue weighted by atomic mass is 10.1. The molecule has 0 aliphatic carbocycles. The predicted octanol–water partition coefficient (Wildman–Crippen LogP) is 3.17. The molecule has 0 aromatic rings. The van der Waals surface area contributed by atoms with Gasteiger partial charge in [-0.15, -0.1) is 0 Å².